The molecule has 0 N–H and O–H groups in total. The van der Waals surface area contributed by atoms with Crippen LogP contribution in [-0.4, -0.2) is 4.57 Å². The first-order chi connectivity index (χ1) is 7.07. The maximum atomic E-state index is 9.21. The fourth-order valence-corrected chi connectivity index (χ4v) is 2.34. The van der Waals surface area contributed by atoms with E-state index in [-0.39, 0.29) is 0 Å². The summed E-state index contributed by atoms with van der Waals surface area (Å²) >= 11 is 0. The van der Waals surface area contributed by atoms with Crippen LogP contribution in [0.25, 0.3) is 5.57 Å². The van der Waals surface area contributed by atoms with Crippen molar-refractivity contribution in [2.24, 2.45) is 0 Å². The predicted molar refractivity (Wildman–Crippen MR) is 61.5 cm³/mol. The first kappa shape index (κ1) is 10.0. The number of hydrogen-bond donors (Lipinski definition) is 0. The number of fused-ring (bicyclic) bond motifs is 1. The quantitative estimate of drug-likeness (QED) is 0.632. The number of rotatable bonds is 0. The summed E-state index contributed by atoms with van der Waals surface area (Å²) < 4.78 is 2.29. The van der Waals surface area contributed by atoms with Gasteiger partial charge in [-0.1, -0.05) is 5.57 Å². The first-order valence-electron chi connectivity index (χ1n) is 5.34. The van der Waals surface area contributed by atoms with Gasteiger partial charge in [-0.3, -0.25) is 0 Å². The molecule has 0 saturated heterocycles. The van der Waals surface area contributed by atoms with Gasteiger partial charge in [0, 0.05) is 12.2 Å². The third kappa shape index (κ3) is 1.23. The molecule has 0 spiro atoms. The third-order valence-corrected chi connectivity index (χ3v) is 3.65. The average Bonchev–Trinajstić information content (AvgIpc) is 2.47. The standard InChI is InChI=1S/C13H16N2/c1-8-5-6-15-11(4)10(3)12(7-14)13(15)9(8)2/h5-6H2,1-4H3. The summed E-state index contributed by atoms with van der Waals surface area (Å²) in [4.78, 5) is 0. The Labute approximate surface area is 90.8 Å². The van der Waals surface area contributed by atoms with E-state index in [4.69, 9.17) is 0 Å². The van der Waals surface area contributed by atoms with Crippen LogP contribution in [0.3, 0.4) is 0 Å². The van der Waals surface area contributed by atoms with Gasteiger partial charge in [-0.05, 0) is 45.3 Å². The molecule has 0 bridgehead atoms. The first-order valence-corrected chi connectivity index (χ1v) is 5.34. The largest absolute Gasteiger partial charge is 0.343 e. The second kappa shape index (κ2) is 3.27. The van der Waals surface area contributed by atoms with Crippen molar-refractivity contribution < 1.29 is 0 Å². The average molecular weight is 200 g/mol. The van der Waals surface area contributed by atoms with Gasteiger partial charge in [-0.2, -0.15) is 5.26 Å². The van der Waals surface area contributed by atoms with Crippen LogP contribution in [0, 0.1) is 25.2 Å². The molecule has 0 aromatic carbocycles. The number of nitriles is 1. The Morgan fingerprint density at radius 1 is 1.20 bits per heavy atom. The molecule has 0 fully saturated rings. The van der Waals surface area contributed by atoms with Gasteiger partial charge in [0.05, 0.1) is 11.3 Å². The summed E-state index contributed by atoms with van der Waals surface area (Å²) in [6.07, 6.45) is 1.11. The van der Waals surface area contributed by atoms with E-state index in [1.165, 1.54) is 16.8 Å². The molecule has 2 nitrogen and oxygen atoms in total. The molecule has 1 aliphatic heterocycles. The normalized spacial score (nSPS) is 15.1. The van der Waals surface area contributed by atoms with E-state index in [1.807, 2.05) is 6.92 Å². The van der Waals surface area contributed by atoms with Crippen LogP contribution in [0.4, 0.5) is 0 Å². The van der Waals surface area contributed by atoms with Crippen LogP contribution in [0.2, 0.25) is 0 Å². The van der Waals surface area contributed by atoms with E-state index >= 15 is 0 Å². The highest BCUT2D eigenvalue weighted by molar-refractivity contribution is 5.72. The maximum Gasteiger partial charge on any atom is 0.102 e. The lowest BCUT2D eigenvalue weighted by atomic mass is 9.99. The van der Waals surface area contributed by atoms with Crippen LogP contribution in [-0.2, 0) is 6.54 Å². The van der Waals surface area contributed by atoms with E-state index in [0.717, 1.165) is 29.8 Å². The van der Waals surface area contributed by atoms with E-state index in [1.54, 1.807) is 0 Å². The van der Waals surface area contributed by atoms with Crippen molar-refractivity contribution in [1.82, 2.24) is 4.57 Å². The van der Waals surface area contributed by atoms with Crippen molar-refractivity contribution in [2.75, 3.05) is 0 Å². The number of hydrogen-bond acceptors (Lipinski definition) is 1. The zero-order chi connectivity index (χ0) is 11.2. The van der Waals surface area contributed by atoms with Crippen molar-refractivity contribution >= 4 is 5.57 Å². The van der Waals surface area contributed by atoms with Gasteiger partial charge < -0.3 is 4.57 Å². The fraction of sp³-hybridized carbons (Fsp3) is 0.462. The molecule has 1 aliphatic rings. The number of aromatic nitrogens is 1. The van der Waals surface area contributed by atoms with E-state index in [0.29, 0.717) is 0 Å². The van der Waals surface area contributed by atoms with Gasteiger partial charge in [0.1, 0.15) is 6.07 Å². The molecule has 2 heteroatoms. The Morgan fingerprint density at radius 3 is 2.47 bits per heavy atom. The van der Waals surface area contributed by atoms with Crippen molar-refractivity contribution in [3.05, 3.63) is 28.1 Å². The molecule has 0 amide bonds. The lowest BCUT2D eigenvalue weighted by molar-refractivity contribution is 0.651. The molecule has 2 rings (SSSR count). The van der Waals surface area contributed by atoms with Gasteiger partial charge in [0.25, 0.3) is 0 Å². The Hall–Kier alpha value is -1.49. The Bertz CT molecular complexity index is 496. The zero-order valence-electron chi connectivity index (χ0n) is 9.81. The summed E-state index contributed by atoms with van der Waals surface area (Å²) in [6.45, 7) is 9.46. The molecule has 1 aromatic rings. The monoisotopic (exact) mass is 200 g/mol. The van der Waals surface area contributed by atoms with Gasteiger partial charge in [0.2, 0.25) is 0 Å². The molecule has 15 heavy (non-hydrogen) atoms. The number of nitrogens with zero attached hydrogens (tertiary/aromatic N) is 2. The Kier molecular flexibility index (Phi) is 2.19. The smallest absolute Gasteiger partial charge is 0.102 e. The third-order valence-electron chi connectivity index (χ3n) is 3.65. The molecule has 0 aliphatic carbocycles. The van der Waals surface area contributed by atoms with Crippen LogP contribution < -0.4 is 0 Å². The van der Waals surface area contributed by atoms with E-state index in [2.05, 4.69) is 31.4 Å². The Morgan fingerprint density at radius 2 is 1.87 bits per heavy atom. The van der Waals surface area contributed by atoms with Crippen molar-refractivity contribution in [2.45, 2.75) is 40.7 Å². The summed E-state index contributed by atoms with van der Waals surface area (Å²) in [6, 6.07) is 2.34. The van der Waals surface area contributed by atoms with Crippen molar-refractivity contribution in [3.8, 4) is 6.07 Å². The van der Waals surface area contributed by atoms with Gasteiger partial charge in [-0.15, -0.1) is 0 Å². The van der Waals surface area contributed by atoms with Crippen LogP contribution >= 0.6 is 0 Å². The molecule has 78 valence electrons. The second-order valence-electron chi connectivity index (χ2n) is 4.35. The minimum absolute atomic E-state index is 0.865. The van der Waals surface area contributed by atoms with E-state index < -0.39 is 0 Å². The molecule has 2 heterocycles. The Balaban J connectivity index is 2.81. The highest BCUT2D eigenvalue weighted by atomic mass is 15.0. The lowest BCUT2D eigenvalue weighted by Crippen LogP contribution is -2.10. The molecule has 0 atom stereocenters. The summed E-state index contributed by atoms with van der Waals surface area (Å²) in [5.41, 5.74) is 7.10. The van der Waals surface area contributed by atoms with E-state index in [9.17, 15) is 5.26 Å². The minimum atomic E-state index is 0.865. The summed E-state index contributed by atoms with van der Waals surface area (Å²) in [5.74, 6) is 0. The molecule has 1 aromatic heterocycles. The molecule has 0 radical (unpaired) electrons. The second-order valence-corrected chi connectivity index (χ2v) is 4.35. The fourth-order valence-electron chi connectivity index (χ4n) is 2.34. The summed E-state index contributed by atoms with van der Waals surface area (Å²) in [7, 11) is 0. The van der Waals surface area contributed by atoms with Gasteiger partial charge in [0.15, 0.2) is 0 Å². The highest BCUT2D eigenvalue weighted by Gasteiger charge is 2.22. The van der Waals surface area contributed by atoms with Gasteiger partial charge in [-0.25, -0.2) is 0 Å². The number of allylic oxidation sites excluding steroid dienone is 2. The SMILES string of the molecule is CC1=C(C)c2c(C#N)c(C)c(C)n2CC1. The zero-order valence-corrected chi connectivity index (χ0v) is 9.81. The maximum absolute atomic E-state index is 9.21. The molecule has 0 unspecified atom stereocenters. The highest BCUT2D eigenvalue weighted by Crippen LogP contribution is 2.33. The summed E-state index contributed by atoms with van der Waals surface area (Å²) in [5, 5.41) is 9.21. The van der Waals surface area contributed by atoms with Crippen molar-refractivity contribution in [1.29, 1.82) is 5.26 Å². The van der Waals surface area contributed by atoms with Crippen LogP contribution in [0.5, 0.6) is 0 Å². The van der Waals surface area contributed by atoms with Crippen molar-refractivity contribution in [3.63, 3.8) is 0 Å². The van der Waals surface area contributed by atoms with Crippen LogP contribution in [0.15, 0.2) is 5.57 Å². The molecular weight excluding hydrogens is 184 g/mol. The topological polar surface area (TPSA) is 28.7 Å². The lowest BCUT2D eigenvalue weighted by Gasteiger charge is -2.20. The minimum Gasteiger partial charge on any atom is -0.343 e. The van der Waals surface area contributed by atoms with Gasteiger partial charge >= 0.3 is 0 Å². The predicted octanol–water partition coefficient (Wildman–Crippen LogP) is 3.17. The molecule has 0 saturated carbocycles. The van der Waals surface area contributed by atoms with Crippen LogP contribution in [0.1, 0.15) is 42.8 Å². The molecular formula is C13H16N2.